The van der Waals surface area contributed by atoms with E-state index in [0.29, 0.717) is 12.1 Å². The molecule has 30 heavy (non-hydrogen) atoms. The number of esters is 1. The lowest BCUT2D eigenvalue weighted by Gasteiger charge is -2.20. The summed E-state index contributed by atoms with van der Waals surface area (Å²) in [5.74, 6) is -2.00. The summed E-state index contributed by atoms with van der Waals surface area (Å²) in [6.07, 6.45) is -0.409. The van der Waals surface area contributed by atoms with Crippen molar-refractivity contribution in [3.63, 3.8) is 0 Å². The molecule has 0 saturated heterocycles. The molecule has 1 aliphatic rings. The summed E-state index contributed by atoms with van der Waals surface area (Å²) in [4.78, 5) is 51.2. The zero-order chi connectivity index (χ0) is 22.0. The van der Waals surface area contributed by atoms with E-state index in [1.165, 1.54) is 30.0 Å². The first-order valence-electron chi connectivity index (χ1n) is 9.84. The molecule has 0 aromatic heterocycles. The maximum absolute atomic E-state index is 12.6. The molecule has 0 aliphatic carbocycles. The van der Waals surface area contributed by atoms with Crippen LogP contribution in [0.1, 0.15) is 63.8 Å². The number of carbonyl (C=O) groups excluding carboxylic acids is 4. The molecule has 0 bridgehead atoms. The smallest absolute Gasteiger partial charge is 0.338 e. The molecule has 0 fully saturated rings. The summed E-state index contributed by atoms with van der Waals surface area (Å²) in [5, 5.41) is 2.72. The SMILES string of the molecule is CCC(C)N1C(=O)c2ccc(C(=O)OC(C)C(=O)Nc3ccccc3C)cc2C1=O. The number of benzene rings is 2. The first-order valence-corrected chi connectivity index (χ1v) is 9.84. The molecule has 7 nitrogen and oxygen atoms in total. The van der Waals surface area contributed by atoms with E-state index < -0.39 is 23.9 Å². The standard InChI is InChI=1S/C23H24N2O5/c1-5-14(3)25-21(27)17-11-10-16(12-18(17)22(25)28)23(29)30-15(4)20(26)24-19-9-7-6-8-13(19)2/h6-12,14-15H,5H2,1-4H3,(H,24,26). The maximum Gasteiger partial charge on any atom is 0.338 e. The van der Waals surface area contributed by atoms with Gasteiger partial charge in [0, 0.05) is 11.7 Å². The molecule has 2 atom stereocenters. The van der Waals surface area contributed by atoms with E-state index >= 15 is 0 Å². The molecule has 0 saturated carbocycles. The molecule has 2 aromatic rings. The maximum atomic E-state index is 12.6. The summed E-state index contributed by atoms with van der Waals surface area (Å²) in [6, 6.07) is 11.3. The molecule has 156 valence electrons. The number of carbonyl (C=O) groups is 4. The molecule has 2 aromatic carbocycles. The minimum atomic E-state index is -1.04. The van der Waals surface area contributed by atoms with Crippen molar-refractivity contribution in [2.75, 3.05) is 5.32 Å². The van der Waals surface area contributed by atoms with Gasteiger partial charge in [-0.2, -0.15) is 0 Å². The van der Waals surface area contributed by atoms with Crippen LogP contribution in [0, 0.1) is 6.92 Å². The fraction of sp³-hybridized carbons (Fsp3) is 0.304. The molecule has 1 N–H and O–H groups in total. The monoisotopic (exact) mass is 408 g/mol. The highest BCUT2D eigenvalue weighted by Gasteiger charge is 2.38. The zero-order valence-corrected chi connectivity index (χ0v) is 17.4. The Bertz CT molecular complexity index is 1030. The summed E-state index contributed by atoms with van der Waals surface area (Å²) in [7, 11) is 0. The zero-order valence-electron chi connectivity index (χ0n) is 17.4. The fourth-order valence-electron chi connectivity index (χ4n) is 3.20. The lowest BCUT2D eigenvalue weighted by atomic mass is 10.1. The van der Waals surface area contributed by atoms with Crippen LogP contribution in [0.3, 0.4) is 0 Å². The molecule has 0 radical (unpaired) electrons. The van der Waals surface area contributed by atoms with E-state index in [2.05, 4.69) is 5.32 Å². The van der Waals surface area contributed by atoms with Crippen molar-refractivity contribution in [2.24, 2.45) is 0 Å². The summed E-state index contributed by atoms with van der Waals surface area (Å²) < 4.78 is 5.27. The van der Waals surface area contributed by atoms with Crippen LogP contribution >= 0.6 is 0 Å². The van der Waals surface area contributed by atoms with Gasteiger partial charge in [-0.25, -0.2) is 4.79 Å². The molecule has 1 heterocycles. The second-order valence-electron chi connectivity index (χ2n) is 7.35. The van der Waals surface area contributed by atoms with Crippen molar-refractivity contribution in [3.8, 4) is 0 Å². The van der Waals surface area contributed by atoms with E-state index in [1.54, 1.807) is 19.1 Å². The molecule has 7 heteroatoms. The third-order valence-corrected chi connectivity index (χ3v) is 5.24. The molecular formula is C23H24N2O5. The average molecular weight is 408 g/mol. The van der Waals surface area contributed by atoms with Gasteiger partial charge in [-0.1, -0.05) is 25.1 Å². The normalized spacial score (nSPS) is 14.9. The van der Waals surface area contributed by atoms with Gasteiger partial charge in [0.15, 0.2) is 6.10 Å². The Kier molecular flexibility index (Phi) is 6.01. The van der Waals surface area contributed by atoms with Gasteiger partial charge in [0.1, 0.15) is 0 Å². The van der Waals surface area contributed by atoms with Crippen LogP contribution in [-0.4, -0.2) is 40.7 Å². The second-order valence-corrected chi connectivity index (χ2v) is 7.35. The van der Waals surface area contributed by atoms with Crippen LogP contribution in [-0.2, 0) is 9.53 Å². The predicted molar refractivity (Wildman–Crippen MR) is 111 cm³/mol. The van der Waals surface area contributed by atoms with E-state index in [4.69, 9.17) is 4.74 Å². The van der Waals surface area contributed by atoms with Crippen molar-refractivity contribution in [3.05, 3.63) is 64.7 Å². The van der Waals surface area contributed by atoms with E-state index in [0.717, 1.165) is 5.56 Å². The number of nitrogens with one attached hydrogen (secondary N) is 1. The second kappa shape index (κ2) is 8.49. The van der Waals surface area contributed by atoms with E-state index in [1.807, 2.05) is 26.0 Å². The molecule has 3 rings (SSSR count). The van der Waals surface area contributed by atoms with Gasteiger partial charge in [-0.15, -0.1) is 0 Å². The number of imide groups is 1. The van der Waals surface area contributed by atoms with Crippen LogP contribution in [0.4, 0.5) is 5.69 Å². The van der Waals surface area contributed by atoms with Crippen molar-refractivity contribution in [2.45, 2.75) is 46.3 Å². The summed E-state index contributed by atoms with van der Waals surface area (Å²) in [6.45, 7) is 7.02. The van der Waals surface area contributed by atoms with Gasteiger partial charge < -0.3 is 10.1 Å². The van der Waals surface area contributed by atoms with Crippen molar-refractivity contribution >= 4 is 29.4 Å². The molecule has 2 unspecified atom stereocenters. The Morgan fingerprint density at radius 2 is 1.70 bits per heavy atom. The molecular weight excluding hydrogens is 384 g/mol. The van der Waals surface area contributed by atoms with Gasteiger partial charge >= 0.3 is 5.97 Å². The number of rotatable bonds is 6. The quantitative estimate of drug-likeness (QED) is 0.583. The van der Waals surface area contributed by atoms with Gasteiger partial charge in [0.25, 0.3) is 17.7 Å². The third-order valence-electron chi connectivity index (χ3n) is 5.24. The fourth-order valence-corrected chi connectivity index (χ4v) is 3.20. The van der Waals surface area contributed by atoms with Crippen molar-refractivity contribution in [1.29, 1.82) is 0 Å². The highest BCUT2D eigenvalue weighted by Crippen LogP contribution is 2.27. The largest absolute Gasteiger partial charge is 0.449 e. The number of hydrogen-bond acceptors (Lipinski definition) is 5. The first kappa shape index (κ1) is 21.2. The third kappa shape index (κ3) is 3.96. The minimum absolute atomic E-state index is 0.108. The van der Waals surface area contributed by atoms with E-state index in [-0.39, 0.29) is 28.6 Å². The molecule has 0 spiro atoms. The number of hydrogen-bond donors (Lipinski definition) is 1. The van der Waals surface area contributed by atoms with Crippen LogP contribution < -0.4 is 5.32 Å². The van der Waals surface area contributed by atoms with Gasteiger partial charge in [0.2, 0.25) is 0 Å². The number of amides is 3. The minimum Gasteiger partial charge on any atom is -0.449 e. The van der Waals surface area contributed by atoms with Crippen LogP contribution in [0.25, 0.3) is 0 Å². The Balaban J connectivity index is 1.72. The van der Waals surface area contributed by atoms with Crippen LogP contribution in [0.5, 0.6) is 0 Å². The van der Waals surface area contributed by atoms with Gasteiger partial charge in [0.05, 0.1) is 16.7 Å². The average Bonchev–Trinajstić information content (AvgIpc) is 2.98. The number of para-hydroxylation sites is 1. The number of nitrogens with zero attached hydrogens (tertiary/aromatic N) is 1. The van der Waals surface area contributed by atoms with Crippen LogP contribution in [0.15, 0.2) is 42.5 Å². The van der Waals surface area contributed by atoms with Crippen LogP contribution in [0.2, 0.25) is 0 Å². The Morgan fingerprint density at radius 1 is 1.03 bits per heavy atom. The molecule has 1 aliphatic heterocycles. The highest BCUT2D eigenvalue weighted by atomic mass is 16.5. The summed E-state index contributed by atoms with van der Waals surface area (Å²) in [5.41, 5.74) is 2.07. The highest BCUT2D eigenvalue weighted by molar-refractivity contribution is 6.22. The number of ether oxygens (including phenoxy) is 1. The lowest BCUT2D eigenvalue weighted by molar-refractivity contribution is -0.123. The number of aryl methyl sites for hydroxylation is 1. The number of fused-ring (bicyclic) bond motifs is 1. The van der Waals surface area contributed by atoms with Crippen molar-refractivity contribution < 1.29 is 23.9 Å². The summed E-state index contributed by atoms with van der Waals surface area (Å²) >= 11 is 0. The Labute approximate surface area is 175 Å². The predicted octanol–water partition coefficient (Wildman–Crippen LogP) is 3.57. The van der Waals surface area contributed by atoms with Crippen molar-refractivity contribution in [1.82, 2.24) is 4.90 Å². The Morgan fingerprint density at radius 3 is 2.37 bits per heavy atom. The van der Waals surface area contributed by atoms with Gasteiger partial charge in [-0.3, -0.25) is 19.3 Å². The first-order chi connectivity index (χ1) is 14.2. The Hall–Kier alpha value is -3.48. The van der Waals surface area contributed by atoms with Gasteiger partial charge in [-0.05, 0) is 57.0 Å². The number of anilines is 1. The lowest BCUT2D eigenvalue weighted by Crippen LogP contribution is -2.37. The van der Waals surface area contributed by atoms with E-state index in [9.17, 15) is 19.2 Å². The topological polar surface area (TPSA) is 92.8 Å². The molecule has 3 amide bonds.